The standard InChI is InChI=1S/C25H35N5O2/c1-2-29-16-18-30(19-17-29)20-21-11-13-23(14-12-21)28-25(32)26-15-7-6-10-24(31)27-22-8-4-3-5-9-22/h3-5,8-9,11-14H,2,6-7,10,15-20H2,1H3,(H,27,31)(H2,26,28,32). The Morgan fingerprint density at radius 3 is 2.16 bits per heavy atom. The average molecular weight is 438 g/mol. The molecule has 3 amide bonds. The van der Waals surface area contributed by atoms with Crippen LogP contribution in [-0.4, -0.2) is 61.0 Å². The highest BCUT2D eigenvalue weighted by Gasteiger charge is 2.15. The van der Waals surface area contributed by atoms with Crippen LogP contribution in [0.15, 0.2) is 54.6 Å². The van der Waals surface area contributed by atoms with Crippen LogP contribution in [0.25, 0.3) is 0 Å². The van der Waals surface area contributed by atoms with Gasteiger partial charge in [-0.15, -0.1) is 0 Å². The lowest BCUT2D eigenvalue weighted by atomic mass is 10.2. The fraction of sp³-hybridized carbons (Fsp3) is 0.440. The molecule has 1 aliphatic heterocycles. The maximum absolute atomic E-state index is 12.1. The smallest absolute Gasteiger partial charge is 0.319 e. The average Bonchev–Trinajstić information content (AvgIpc) is 2.81. The maximum atomic E-state index is 12.1. The highest BCUT2D eigenvalue weighted by Crippen LogP contribution is 2.13. The van der Waals surface area contributed by atoms with E-state index in [4.69, 9.17) is 0 Å². The first-order chi connectivity index (χ1) is 15.6. The number of carbonyl (C=O) groups excluding carboxylic acids is 2. The quantitative estimate of drug-likeness (QED) is 0.495. The molecule has 32 heavy (non-hydrogen) atoms. The number of amides is 3. The minimum absolute atomic E-state index is 0.00650. The zero-order chi connectivity index (χ0) is 22.6. The first kappa shape index (κ1) is 23.8. The number of benzene rings is 2. The van der Waals surface area contributed by atoms with Crippen molar-refractivity contribution in [3.05, 3.63) is 60.2 Å². The molecule has 0 aliphatic carbocycles. The number of hydrogen-bond donors (Lipinski definition) is 3. The SMILES string of the molecule is CCN1CCN(Cc2ccc(NC(=O)NCCCCC(=O)Nc3ccccc3)cc2)CC1. The predicted molar refractivity (Wildman–Crippen MR) is 130 cm³/mol. The van der Waals surface area contributed by atoms with Crippen molar-refractivity contribution >= 4 is 23.3 Å². The van der Waals surface area contributed by atoms with Crippen LogP contribution in [0.3, 0.4) is 0 Å². The molecule has 3 N–H and O–H groups in total. The highest BCUT2D eigenvalue weighted by atomic mass is 16.2. The van der Waals surface area contributed by atoms with Gasteiger partial charge in [0.05, 0.1) is 0 Å². The van der Waals surface area contributed by atoms with Gasteiger partial charge in [0.25, 0.3) is 0 Å². The maximum Gasteiger partial charge on any atom is 0.319 e. The van der Waals surface area contributed by atoms with Crippen LogP contribution >= 0.6 is 0 Å². The molecule has 7 nitrogen and oxygen atoms in total. The monoisotopic (exact) mass is 437 g/mol. The number of hydrogen-bond acceptors (Lipinski definition) is 4. The Kier molecular flexibility index (Phi) is 9.53. The first-order valence-electron chi connectivity index (χ1n) is 11.6. The zero-order valence-corrected chi connectivity index (χ0v) is 19.0. The number of nitrogens with one attached hydrogen (secondary N) is 3. The fourth-order valence-corrected chi connectivity index (χ4v) is 3.75. The van der Waals surface area contributed by atoms with E-state index in [1.807, 2.05) is 42.5 Å². The lowest BCUT2D eigenvalue weighted by Gasteiger charge is -2.34. The highest BCUT2D eigenvalue weighted by molar-refractivity contribution is 5.90. The third-order valence-electron chi connectivity index (χ3n) is 5.70. The van der Waals surface area contributed by atoms with Crippen LogP contribution in [0, 0.1) is 0 Å². The number of piperazine rings is 1. The Hall–Kier alpha value is -2.90. The molecule has 1 aliphatic rings. The molecule has 3 rings (SSSR count). The van der Waals surface area contributed by atoms with Crippen molar-refractivity contribution < 1.29 is 9.59 Å². The molecule has 0 atom stereocenters. The van der Waals surface area contributed by atoms with Gasteiger partial charge in [-0.2, -0.15) is 0 Å². The van der Waals surface area contributed by atoms with Gasteiger partial charge in [0.1, 0.15) is 0 Å². The van der Waals surface area contributed by atoms with Gasteiger partial charge in [0.2, 0.25) is 5.91 Å². The Labute approximate surface area is 191 Å². The van der Waals surface area contributed by atoms with Crippen LogP contribution in [0.1, 0.15) is 31.7 Å². The molecule has 2 aromatic rings. The van der Waals surface area contributed by atoms with Crippen LogP contribution < -0.4 is 16.0 Å². The van der Waals surface area contributed by atoms with E-state index in [1.54, 1.807) is 0 Å². The first-order valence-corrected chi connectivity index (χ1v) is 11.6. The number of unbranched alkanes of at least 4 members (excludes halogenated alkanes) is 1. The van der Waals surface area contributed by atoms with Gasteiger partial charge in [-0.3, -0.25) is 9.69 Å². The summed E-state index contributed by atoms with van der Waals surface area (Å²) < 4.78 is 0. The van der Waals surface area contributed by atoms with E-state index in [-0.39, 0.29) is 11.9 Å². The van der Waals surface area contributed by atoms with E-state index in [9.17, 15) is 9.59 Å². The van der Waals surface area contributed by atoms with Crippen molar-refractivity contribution in [2.45, 2.75) is 32.7 Å². The molecule has 0 bridgehead atoms. The Morgan fingerprint density at radius 1 is 0.812 bits per heavy atom. The van der Waals surface area contributed by atoms with Crippen LogP contribution in [0.4, 0.5) is 16.2 Å². The van der Waals surface area contributed by atoms with E-state index in [0.717, 1.165) is 63.5 Å². The number of anilines is 2. The molecule has 7 heteroatoms. The summed E-state index contributed by atoms with van der Waals surface area (Å²) in [6.07, 6.45) is 1.91. The third kappa shape index (κ3) is 8.32. The van der Waals surface area contributed by atoms with Crippen molar-refractivity contribution in [2.24, 2.45) is 0 Å². The minimum Gasteiger partial charge on any atom is -0.338 e. The number of para-hydroxylation sites is 1. The lowest BCUT2D eigenvalue weighted by Crippen LogP contribution is -2.45. The molecule has 172 valence electrons. The molecule has 0 spiro atoms. The van der Waals surface area contributed by atoms with Gasteiger partial charge < -0.3 is 20.9 Å². The van der Waals surface area contributed by atoms with Gasteiger partial charge >= 0.3 is 6.03 Å². The minimum atomic E-state index is -0.220. The van der Waals surface area contributed by atoms with Gasteiger partial charge in [-0.25, -0.2) is 4.79 Å². The van der Waals surface area contributed by atoms with Crippen molar-refractivity contribution in [3.63, 3.8) is 0 Å². The summed E-state index contributed by atoms with van der Waals surface area (Å²) in [6, 6.07) is 17.3. The molecule has 1 fully saturated rings. The summed E-state index contributed by atoms with van der Waals surface area (Å²) in [7, 11) is 0. The Balaban J connectivity index is 1.27. The molecule has 0 radical (unpaired) electrons. The van der Waals surface area contributed by atoms with Crippen LogP contribution in [0.5, 0.6) is 0 Å². The molecule has 0 unspecified atom stereocenters. The summed E-state index contributed by atoms with van der Waals surface area (Å²) in [4.78, 5) is 29.0. The topological polar surface area (TPSA) is 76.7 Å². The largest absolute Gasteiger partial charge is 0.338 e. The summed E-state index contributed by atoms with van der Waals surface area (Å²) in [6.45, 7) is 9.29. The Bertz CT molecular complexity index is 833. The Morgan fingerprint density at radius 2 is 1.47 bits per heavy atom. The summed E-state index contributed by atoms with van der Waals surface area (Å²) in [5.41, 5.74) is 2.85. The van der Waals surface area contributed by atoms with E-state index in [2.05, 4.69) is 44.8 Å². The molecule has 1 saturated heterocycles. The van der Waals surface area contributed by atoms with Crippen LogP contribution in [-0.2, 0) is 11.3 Å². The van der Waals surface area contributed by atoms with E-state index in [1.165, 1.54) is 5.56 Å². The van der Waals surface area contributed by atoms with Crippen molar-refractivity contribution in [2.75, 3.05) is 49.9 Å². The number of likely N-dealkylation sites (N-methyl/N-ethyl adjacent to an activating group) is 1. The van der Waals surface area contributed by atoms with Crippen LogP contribution in [0.2, 0.25) is 0 Å². The van der Waals surface area contributed by atoms with E-state index < -0.39 is 0 Å². The number of rotatable bonds is 10. The molecule has 1 heterocycles. The molecule has 0 aromatic heterocycles. The van der Waals surface area contributed by atoms with E-state index in [0.29, 0.717) is 13.0 Å². The fourth-order valence-electron chi connectivity index (χ4n) is 3.75. The number of carbonyl (C=O) groups is 2. The van der Waals surface area contributed by atoms with Crippen molar-refractivity contribution in [1.29, 1.82) is 0 Å². The van der Waals surface area contributed by atoms with Crippen molar-refractivity contribution in [1.82, 2.24) is 15.1 Å². The second-order valence-electron chi connectivity index (χ2n) is 8.16. The van der Waals surface area contributed by atoms with Gasteiger partial charge in [-0.1, -0.05) is 37.3 Å². The van der Waals surface area contributed by atoms with E-state index >= 15 is 0 Å². The zero-order valence-electron chi connectivity index (χ0n) is 19.0. The lowest BCUT2D eigenvalue weighted by molar-refractivity contribution is -0.116. The summed E-state index contributed by atoms with van der Waals surface area (Å²) in [5, 5.41) is 8.58. The molecule has 2 aromatic carbocycles. The second-order valence-corrected chi connectivity index (χ2v) is 8.16. The third-order valence-corrected chi connectivity index (χ3v) is 5.70. The molecular weight excluding hydrogens is 402 g/mol. The summed E-state index contributed by atoms with van der Waals surface area (Å²) in [5.74, 6) is -0.00650. The predicted octanol–water partition coefficient (Wildman–Crippen LogP) is 3.75. The normalized spacial score (nSPS) is 14.7. The van der Waals surface area contributed by atoms with Gasteiger partial charge in [-0.05, 0) is 49.2 Å². The van der Waals surface area contributed by atoms with Crippen molar-refractivity contribution in [3.8, 4) is 0 Å². The van der Waals surface area contributed by atoms with Gasteiger partial charge in [0, 0.05) is 57.1 Å². The van der Waals surface area contributed by atoms with Gasteiger partial charge in [0.15, 0.2) is 0 Å². The summed E-state index contributed by atoms with van der Waals surface area (Å²) >= 11 is 0. The number of urea groups is 1. The number of nitrogens with zero attached hydrogens (tertiary/aromatic N) is 2. The molecule has 0 saturated carbocycles. The second kappa shape index (κ2) is 12.8. The molecular formula is C25H35N5O2.